The van der Waals surface area contributed by atoms with Gasteiger partial charge in [0.25, 0.3) is 0 Å². The standard InChI is InChI=1S/C16H23N3O/c1-18-9-5-7-13(11-18)19(2)16(20)15-10-12-6-3-4-8-14(12)17-15/h3-4,6,8,13,15,17H,5,7,9-11H2,1-2H3/t13?,15-/m0/s1. The minimum atomic E-state index is -0.0929. The van der Waals surface area contributed by atoms with Gasteiger partial charge in [-0.1, -0.05) is 18.2 Å². The number of fused-ring (bicyclic) bond motifs is 1. The number of likely N-dealkylation sites (tertiary alicyclic amines) is 1. The number of amides is 1. The third-order valence-corrected chi connectivity index (χ3v) is 4.56. The fourth-order valence-electron chi connectivity index (χ4n) is 3.33. The first-order valence-electron chi connectivity index (χ1n) is 7.45. The summed E-state index contributed by atoms with van der Waals surface area (Å²) in [5, 5.41) is 3.36. The summed E-state index contributed by atoms with van der Waals surface area (Å²) in [6, 6.07) is 8.46. The number of carbonyl (C=O) groups excluding carboxylic acids is 1. The van der Waals surface area contributed by atoms with Crippen molar-refractivity contribution in [3.8, 4) is 0 Å². The second-order valence-electron chi connectivity index (χ2n) is 6.07. The van der Waals surface area contributed by atoms with E-state index in [4.69, 9.17) is 0 Å². The van der Waals surface area contributed by atoms with E-state index in [-0.39, 0.29) is 11.9 Å². The maximum absolute atomic E-state index is 12.7. The molecule has 0 radical (unpaired) electrons. The average Bonchev–Trinajstić information content (AvgIpc) is 2.89. The summed E-state index contributed by atoms with van der Waals surface area (Å²) in [5.74, 6) is 0.224. The monoisotopic (exact) mass is 273 g/mol. The summed E-state index contributed by atoms with van der Waals surface area (Å²) in [6.45, 7) is 2.13. The van der Waals surface area contributed by atoms with Gasteiger partial charge in [-0.15, -0.1) is 0 Å². The Balaban J connectivity index is 1.65. The maximum atomic E-state index is 12.7. The number of rotatable bonds is 2. The van der Waals surface area contributed by atoms with Crippen LogP contribution in [0.4, 0.5) is 5.69 Å². The molecule has 108 valence electrons. The van der Waals surface area contributed by atoms with Gasteiger partial charge in [0.15, 0.2) is 0 Å². The van der Waals surface area contributed by atoms with Crippen molar-refractivity contribution in [2.24, 2.45) is 0 Å². The van der Waals surface area contributed by atoms with Crippen molar-refractivity contribution >= 4 is 11.6 Å². The highest BCUT2D eigenvalue weighted by atomic mass is 16.2. The van der Waals surface area contributed by atoms with Crippen molar-refractivity contribution in [3.05, 3.63) is 29.8 Å². The highest BCUT2D eigenvalue weighted by Crippen LogP contribution is 2.26. The predicted octanol–water partition coefficient (Wildman–Crippen LogP) is 1.58. The molecular weight excluding hydrogens is 250 g/mol. The van der Waals surface area contributed by atoms with Crippen molar-refractivity contribution < 1.29 is 4.79 Å². The first kappa shape index (κ1) is 13.4. The Labute approximate surface area is 120 Å². The molecule has 1 amide bonds. The molecule has 1 aromatic carbocycles. The fraction of sp³-hybridized carbons (Fsp3) is 0.562. The molecule has 0 aromatic heterocycles. The minimum Gasteiger partial charge on any atom is -0.373 e. The number of hydrogen-bond acceptors (Lipinski definition) is 3. The molecule has 0 saturated carbocycles. The SMILES string of the molecule is CN1CCCC(N(C)C(=O)[C@@H]2Cc3ccccc3N2)C1. The Morgan fingerprint density at radius 2 is 2.20 bits per heavy atom. The normalized spacial score (nSPS) is 25.9. The highest BCUT2D eigenvalue weighted by Gasteiger charge is 2.32. The maximum Gasteiger partial charge on any atom is 0.245 e. The number of carbonyl (C=O) groups is 1. The number of likely N-dealkylation sites (N-methyl/N-ethyl adjacent to an activating group) is 2. The van der Waals surface area contributed by atoms with E-state index in [1.165, 1.54) is 12.0 Å². The van der Waals surface area contributed by atoms with Crippen LogP contribution in [0.25, 0.3) is 0 Å². The predicted molar refractivity (Wildman–Crippen MR) is 80.8 cm³/mol. The largest absolute Gasteiger partial charge is 0.373 e. The number of nitrogens with one attached hydrogen (secondary N) is 1. The quantitative estimate of drug-likeness (QED) is 0.888. The van der Waals surface area contributed by atoms with Crippen LogP contribution in [0.3, 0.4) is 0 Å². The Bertz CT molecular complexity index is 477. The summed E-state index contributed by atoms with van der Waals surface area (Å²) >= 11 is 0. The van der Waals surface area contributed by atoms with Gasteiger partial charge in [-0.3, -0.25) is 4.79 Å². The van der Waals surface area contributed by atoms with Crippen molar-refractivity contribution in [3.63, 3.8) is 0 Å². The number of nitrogens with zero attached hydrogens (tertiary/aromatic N) is 2. The summed E-state index contributed by atoms with van der Waals surface area (Å²) in [7, 11) is 4.09. The van der Waals surface area contributed by atoms with Gasteiger partial charge in [0.05, 0.1) is 0 Å². The molecule has 2 atom stereocenters. The van der Waals surface area contributed by atoms with Gasteiger partial charge in [-0.05, 0) is 38.1 Å². The first-order valence-corrected chi connectivity index (χ1v) is 7.45. The van der Waals surface area contributed by atoms with Gasteiger partial charge >= 0.3 is 0 Å². The Morgan fingerprint density at radius 3 is 2.95 bits per heavy atom. The molecule has 1 saturated heterocycles. The minimum absolute atomic E-state index is 0.0929. The zero-order valence-corrected chi connectivity index (χ0v) is 12.3. The van der Waals surface area contributed by atoms with E-state index in [2.05, 4.69) is 29.4 Å². The van der Waals surface area contributed by atoms with Crippen molar-refractivity contribution in [2.45, 2.75) is 31.3 Å². The zero-order valence-electron chi connectivity index (χ0n) is 12.3. The topological polar surface area (TPSA) is 35.6 Å². The van der Waals surface area contributed by atoms with Crippen LogP contribution in [0.15, 0.2) is 24.3 Å². The molecule has 4 heteroatoms. The van der Waals surface area contributed by atoms with E-state index in [0.29, 0.717) is 6.04 Å². The van der Waals surface area contributed by atoms with Crippen LogP contribution in [-0.4, -0.2) is 55.0 Å². The second kappa shape index (κ2) is 5.44. The van der Waals surface area contributed by atoms with Crippen LogP contribution in [0.5, 0.6) is 0 Å². The Kier molecular flexibility index (Phi) is 3.66. The lowest BCUT2D eigenvalue weighted by atomic mass is 10.0. The van der Waals surface area contributed by atoms with E-state index < -0.39 is 0 Å². The van der Waals surface area contributed by atoms with Crippen molar-refractivity contribution in [1.82, 2.24) is 9.80 Å². The molecule has 0 spiro atoms. The van der Waals surface area contributed by atoms with Crippen LogP contribution < -0.4 is 5.32 Å². The van der Waals surface area contributed by atoms with Crippen molar-refractivity contribution in [1.29, 1.82) is 0 Å². The first-order chi connectivity index (χ1) is 9.65. The van der Waals surface area contributed by atoms with Crippen LogP contribution in [-0.2, 0) is 11.2 Å². The average molecular weight is 273 g/mol. The Morgan fingerprint density at radius 1 is 1.40 bits per heavy atom. The van der Waals surface area contributed by atoms with Crippen LogP contribution in [0, 0.1) is 0 Å². The van der Waals surface area contributed by atoms with E-state index in [1.54, 1.807) is 0 Å². The summed E-state index contributed by atoms with van der Waals surface area (Å²) in [5.41, 5.74) is 2.36. The number of piperidine rings is 1. The summed E-state index contributed by atoms with van der Waals surface area (Å²) in [6.07, 6.45) is 3.10. The third-order valence-electron chi connectivity index (χ3n) is 4.56. The fourth-order valence-corrected chi connectivity index (χ4v) is 3.33. The molecule has 2 heterocycles. The van der Waals surface area contributed by atoms with Gasteiger partial charge in [0.1, 0.15) is 6.04 Å². The van der Waals surface area contributed by atoms with Crippen LogP contribution in [0.2, 0.25) is 0 Å². The van der Waals surface area contributed by atoms with Crippen LogP contribution in [0.1, 0.15) is 18.4 Å². The number of benzene rings is 1. The highest BCUT2D eigenvalue weighted by molar-refractivity contribution is 5.87. The molecule has 0 bridgehead atoms. The molecule has 2 aliphatic heterocycles. The molecular formula is C16H23N3O. The van der Waals surface area contributed by atoms with Gasteiger partial charge in [0, 0.05) is 31.7 Å². The Hall–Kier alpha value is -1.55. The molecule has 3 rings (SSSR count). The van der Waals surface area contributed by atoms with E-state index in [9.17, 15) is 4.79 Å². The lowest BCUT2D eigenvalue weighted by molar-refractivity contribution is -0.133. The number of para-hydroxylation sites is 1. The molecule has 1 N–H and O–H groups in total. The molecule has 1 unspecified atom stereocenters. The lowest BCUT2D eigenvalue weighted by Crippen LogP contribution is -2.51. The van der Waals surface area contributed by atoms with Crippen molar-refractivity contribution in [2.75, 3.05) is 32.5 Å². The van der Waals surface area contributed by atoms with Gasteiger partial charge in [-0.25, -0.2) is 0 Å². The van der Waals surface area contributed by atoms with Gasteiger partial charge < -0.3 is 15.1 Å². The second-order valence-corrected chi connectivity index (χ2v) is 6.07. The molecule has 4 nitrogen and oxygen atoms in total. The lowest BCUT2D eigenvalue weighted by Gasteiger charge is -2.36. The molecule has 20 heavy (non-hydrogen) atoms. The van der Waals surface area contributed by atoms with Crippen LogP contribution >= 0.6 is 0 Å². The summed E-state index contributed by atoms with van der Waals surface area (Å²) < 4.78 is 0. The number of hydrogen-bond donors (Lipinski definition) is 1. The molecule has 0 aliphatic carbocycles. The summed E-state index contributed by atoms with van der Waals surface area (Å²) in [4.78, 5) is 16.9. The van der Waals surface area contributed by atoms with Gasteiger partial charge in [0.2, 0.25) is 5.91 Å². The molecule has 1 aromatic rings. The third kappa shape index (κ3) is 2.52. The van der Waals surface area contributed by atoms with E-state index in [0.717, 1.165) is 31.6 Å². The molecule has 2 aliphatic rings. The van der Waals surface area contributed by atoms with Gasteiger partial charge in [-0.2, -0.15) is 0 Å². The number of anilines is 1. The smallest absolute Gasteiger partial charge is 0.245 e. The van der Waals surface area contributed by atoms with E-state index >= 15 is 0 Å². The van der Waals surface area contributed by atoms with E-state index in [1.807, 2.05) is 24.1 Å². The zero-order chi connectivity index (χ0) is 14.1. The molecule has 1 fully saturated rings.